The predicted molar refractivity (Wildman–Crippen MR) is 68.0 cm³/mol. The molecule has 0 N–H and O–H groups in total. The van der Waals surface area contributed by atoms with Crippen LogP contribution in [0.5, 0.6) is 0 Å². The van der Waals surface area contributed by atoms with Crippen molar-refractivity contribution in [3.63, 3.8) is 0 Å². The van der Waals surface area contributed by atoms with E-state index in [1.54, 1.807) is 12.1 Å². The number of halogens is 3. The minimum absolute atomic E-state index is 0.305. The van der Waals surface area contributed by atoms with Gasteiger partial charge in [0.25, 0.3) is 0 Å². The highest BCUT2D eigenvalue weighted by Gasteiger charge is 2.60. The Hall–Kier alpha value is -2.54. The highest BCUT2D eigenvalue weighted by molar-refractivity contribution is 5.84. The monoisotopic (exact) mass is 308 g/mol. The van der Waals surface area contributed by atoms with E-state index in [4.69, 9.17) is 0 Å². The van der Waals surface area contributed by atoms with Crippen molar-refractivity contribution in [2.24, 2.45) is 11.3 Å². The molecule has 0 spiro atoms. The number of nitrogens with zero attached hydrogens (tertiary/aromatic N) is 2. The Bertz CT molecular complexity index is 654. The molecule has 22 heavy (non-hydrogen) atoms. The Morgan fingerprint density at radius 3 is 2.18 bits per heavy atom. The molecule has 1 fully saturated rings. The first-order chi connectivity index (χ1) is 10.3. The molecule has 2 atom stereocenters. The third kappa shape index (κ3) is 2.50. The lowest BCUT2D eigenvalue weighted by atomic mass is 9.84. The molecule has 0 heterocycles. The molecule has 4 nitrogen and oxygen atoms in total. The summed E-state index contributed by atoms with van der Waals surface area (Å²) in [6.07, 6.45) is -4.04. The van der Waals surface area contributed by atoms with E-state index in [0.29, 0.717) is 12.0 Å². The van der Waals surface area contributed by atoms with Crippen molar-refractivity contribution in [1.29, 1.82) is 10.5 Å². The first kappa shape index (κ1) is 15.8. The second kappa shape index (κ2) is 5.34. The van der Waals surface area contributed by atoms with Crippen LogP contribution in [-0.2, 0) is 15.7 Å². The summed E-state index contributed by atoms with van der Waals surface area (Å²) in [5.74, 6) is -1.82. The van der Waals surface area contributed by atoms with Crippen LogP contribution >= 0.6 is 0 Å². The van der Waals surface area contributed by atoms with Gasteiger partial charge in [0.05, 0.1) is 24.8 Å². The molecule has 1 aromatic rings. The Labute approximate surface area is 124 Å². The van der Waals surface area contributed by atoms with E-state index in [2.05, 4.69) is 4.74 Å². The number of alkyl halides is 3. The molecule has 1 aliphatic rings. The number of ether oxygens (including phenoxy) is 1. The molecule has 7 heteroatoms. The Morgan fingerprint density at radius 2 is 1.77 bits per heavy atom. The smallest absolute Gasteiger partial charge is 0.416 e. The van der Waals surface area contributed by atoms with E-state index in [1.807, 2.05) is 0 Å². The summed E-state index contributed by atoms with van der Waals surface area (Å²) >= 11 is 0. The maximum atomic E-state index is 12.5. The van der Waals surface area contributed by atoms with Crippen LogP contribution in [0.4, 0.5) is 13.2 Å². The summed E-state index contributed by atoms with van der Waals surface area (Å²) in [6, 6.07) is 7.91. The summed E-state index contributed by atoms with van der Waals surface area (Å²) < 4.78 is 42.1. The summed E-state index contributed by atoms with van der Waals surface area (Å²) in [5.41, 5.74) is -2.12. The van der Waals surface area contributed by atoms with Crippen LogP contribution in [0.3, 0.4) is 0 Å². The Morgan fingerprint density at radius 1 is 1.23 bits per heavy atom. The zero-order chi connectivity index (χ0) is 16.5. The second-order valence-corrected chi connectivity index (χ2v) is 5.09. The molecule has 0 saturated heterocycles. The third-order valence-corrected chi connectivity index (χ3v) is 3.87. The van der Waals surface area contributed by atoms with Gasteiger partial charge in [-0.1, -0.05) is 12.1 Å². The standard InChI is InChI=1S/C15H11F3N2O2/c1-22-13(21)14(7-19,8-20)12-6-11(12)9-2-4-10(5-3-9)15(16,17)18/h2-5,11-12H,6H2,1H3. The van der Waals surface area contributed by atoms with Gasteiger partial charge >= 0.3 is 12.1 Å². The average molecular weight is 308 g/mol. The maximum absolute atomic E-state index is 12.5. The van der Waals surface area contributed by atoms with Crippen LogP contribution < -0.4 is 0 Å². The quantitative estimate of drug-likeness (QED) is 0.804. The van der Waals surface area contributed by atoms with Crippen molar-refractivity contribution < 1.29 is 22.7 Å². The first-order valence-corrected chi connectivity index (χ1v) is 6.38. The van der Waals surface area contributed by atoms with Gasteiger partial charge in [-0.15, -0.1) is 0 Å². The molecule has 0 radical (unpaired) electrons. The number of hydrogen-bond donors (Lipinski definition) is 0. The number of carbonyl (C=O) groups is 1. The first-order valence-electron chi connectivity index (χ1n) is 6.38. The van der Waals surface area contributed by atoms with Gasteiger partial charge in [-0.2, -0.15) is 23.7 Å². The number of methoxy groups -OCH3 is 1. The number of hydrogen-bond acceptors (Lipinski definition) is 4. The number of carbonyl (C=O) groups excluding carboxylic acids is 1. The molecule has 0 amide bonds. The van der Waals surface area contributed by atoms with Gasteiger partial charge in [0, 0.05) is 5.92 Å². The lowest BCUT2D eigenvalue weighted by Crippen LogP contribution is -2.32. The van der Waals surface area contributed by atoms with Crippen molar-refractivity contribution in [2.45, 2.75) is 18.5 Å². The van der Waals surface area contributed by atoms with Gasteiger partial charge in [0.15, 0.2) is 0 Å². The van der Waals surface area contributed by atoms with E-state index in [1.165, 1.54) is 12.1 Å². The molecular formula is C15H11F3N2O2. The molecule has 0 bridgehead atoms. The van der Waals surface area contributed by atoms with Gasteiger partial charge < -0.3 is 4.74 Å². The number of rotatable bonds is 3. The van der Waals surface area contributed by atoms with Gasteiger partial charge in [-0.3, -0.25) is 0 Å². The van der Waals surface area contributed by atoms with Crippen LogP contribution in [0.25, 0.3) is 0 Å². The van der Waals surface area contributed by atoms with Crippen molar-refractivity contribution in [3.8, 4) is 12.1 Å². The number of benzene rings is 1. The Kier molecular flexibility index (Phi) is 3.85. The highest BCUT2D eigenvalue weighted by atomic mass is 19.4. The number of nitriles is 2. The fraction of sp³-hybridized carbons (Fsp3) is 0.400. The summed E-state index contributed by atoms with van der Waals surface area (Å²) in [6.45, 7) is 0. The van der Waals surface area contributed by atoms with E-state index in [0.717, 1.165) is 19.2 Å². The molecular weight excluding hydrogens is 297 g/mol. The van der Waals surface area contributed by atoms with Crippen molar-refractivity contribution in [1.82, 2.24) is 0 Å². The van der Waals surface area contributed by atoms with E-state index >= 15 is 0 Å². The maximum Gasteiger partial charge on any atom is 0.416 e. The van der Waals surface area contributed by atoms with Crippen molar-refractivity contribution in [2.75, 3.05) is 7.11 Å². The average Bonchev–Trinajstić information content (AvgIpc) is 3.29. The normalized spacial score (nSPS) is 20.6. The Balaban J connectivity index is 2.24. The fourth-order valence-electron chi connectivity index (χ4n) is 2.56. The van der Waals surface area contributed by atoms with Crippen molar-refractivity contribution >= 4 is 5.97 Å². The molecule has 2 rings (SSSR count). The second-order valence-electron chi connectivity index (χ2n) is 5.09. The van der Waals surface area contributed by atoms with Gasteiger partial charge in [0.1, 0.15) is 0 Å². The molecule has 114 valence electrons. The summed E-state index contributed by atoms with van der Waals surface area (Å²) in [5, 5.41) is 18.4. The minimum Gasteiger partial charge on any atom is -0.467 e. The lowest BCUT2D eigenvalue weighted by Gasteiger charge is -2.15. The summed E-state index contributed by atoms with van der Waals surface area (Å²) in [7, 11) is 1.08. The zero-order valence-electron chi connectivity index (χ0n) is 11.5. The van der Waals surface area contributed by atoms with E-state index < -0.39 is 29.0 Å². The molecule has 0 aliphatic heterocycles. The van der Waals surface area contributed by atoms with E-state index in [-0.39, 0.29) is 5.92 Å². The lowest BCUT2D eigenvalue weighted by molar-refractivity contribution is -0.147. The largest absolute Gasteiger partial charge is 0.467 e. The number of esters is 1. The molecule has 0 aromatic heterocycles. The van der Waals surface area contributed by atoms with Crippen molar-refractivity contribution in [3.05, 3.63) is 35.4 Å². The molecule has 1 saturated carbocycles. The minimum atomic E-state index is -4.42. The van der Waals surface area contributed by atoms with Crippen LogP contribution in [0.15, 0.2) is 24.3 Å². The van der Waals surface area contributed by atoms with Gasteiger partial charge in [-0.05, 0) is 30.0 Å². The van der Waals surface area contributed by atoms with Crippen LogP contribution in [0, 0.1) is 34.0 Å². The highest BCUT2D eigenvalue weighted by Crippen LogP contribution is 2.57. The predicted octanol–water partition coefficient (Wildman–Crippen LogP) is 3.02. The summed E-state index contributed by atoms with van der Waals surface area (Å²) in [4.78, 5) is 11.7. The van der Waals surface area contributed by atoms with Gasteiger partial charge in [-0.25, -0.2) is 4.79 Å². The molecule has 2 unspecified atom stereocenters. The topological polar surface area (TPSA) is 73.9 Å². The van der Waals surface area contributed by atoms with E-state index in [9.17, 15) is 28.5 Å². The third-order valence-electron chi connectivity index (χ3n) is 3.87. The van der Waals surface area contributed by atoms with Crippen LogP contribution in [0.2, 0.25) is 0 Å². The van der Waals surface area contributed by atoms with Crippen LogP contribution in [0.1, 0.15) is 23.5 Å². The molecule has 1 aromatic carbocycles. The SMILES string of the molecule is COC(=O)C(C#N)(C#N)C1CC1c1ccc(C(F)(F)F)cc1. The van der Waals surface area contributed by atoms with Gasteiger partial charge in [0.2, 0.25) is 5.41 Å². The molecule has 1 aliphatic carbocycles. The fourth-order valence-corrected chi connectivity index (χ4v) is 2.56. The van der Waals surface area contributed by atoms with Crippen LogP contribution in [-0.4, -0.2) is 13.1 Å². The zero-order valence-corrected chi connectivity index (χ0v) is 11.5.